The Morgan fingerprint density at radius 3 is 2.41 bits per heavy atom. The van der Waals surface area contributed by atoms with Crippen LogP contribution in [0.15, 0.2) is 42.7 Å². The first-order valence-corrected chi connectivity index (χ1v) is 9.64. The van der Waals surface area contributed by atoms with Crippen LogP contribution in [0.3, 0.4) is 0 Å². The van der Waals surface area contributed by atoms with E-state index in [1.165, 1.54) is 6.42 Å². The van der Waals surface area contributed by atoms with E-state index in [1.807, 2.05) is 23.1 Å². The fourth-order valence-electron chi connectivity index (χ4n) is 3.30. The van der Waals surface area contributed by atoms with Gasteiger partial charge in [-0.2, -0.15) is 0 Å². The third-order valence-corrected chi connectivity index (χ3v) is 5.45. The molecule has 1 N–H and O–H groups in total. The predicted molar refractivity (Wildman–Crippen MR) is 107 cm³/mol. The van der Waals surface area contributed by atoms with Crippen LogP contribution in [-0.2, 0) is 0 Å². The first-order valence-electron chi connectivity index (χ1n) is 8.88. The van der Waals surface area contributed by atoms with Crippen LogP contribution in [0.4, 0.5) is 0 Å². The summed E-state index contributed by atoms with van der Waals surface area (Å²) in [5.74, 6) is 0.265. The summed E-state index contributed by atoms with van der Waals surface area (Å²) in [6.07, 6.45) is 6.65. The van der Waals surface area contributed by atoms with Crippen LogP contribution in [0.2, 0.25) is 10.0 Å². The van der Waals surface area contributed by atoms with Crippen molar-refractivity contribution in [3.05, 3.63) is 58.6 Å². The van der Waals surface area contributed by atoms with Crippen LogP contribution in [0.5, 0.6) is 0 Å². The molecule has 0 spiro atoms. The molecule has 1 fully saturated rings. The van der Waals surface area contributed by atoms with E-state index in [2.05, 4.69) is 15.0 Å². The molecule has 0 unspecified atom stereocenters. The lowest BCUT2D eigenvalue weighted by molar-refractivity contribution is 0.0713. The normalized spacial score (nSPS) is 14.4. The molecule has 27 heavy (non-hydrogen) atoms. The van der Waals surface area contributed by atoms with Crippen molar-refractivity contribution in [2.45, 2.75) is 19.3 Å². The molecular formula is C20H18Cl2N4O. The van der Waals surface area contributed by atoms with Crippen LogP contribution >= 0.6 is 23.2 Å². The van der Waals surface area contributed by atoms with Gasteiger partial charge in [0.2, 0.25) is 0 Å². The lowest BCUT2D eigenvalue weighted by Crippen LogP contribution is -2.36. The highest BCUT2D eigenvalue weighted by molar-refractivity contribution is 6.42. The minimum absolute atomic E-state index is 0.0729. The molecule has 1 aliphatic heterocycles. The first kappa shape index (κ1) is 18.0. The summed E-state index contributed by atoms with van der Waals surface area (Å²) in [5, 5.41) is 0.924. The van der Waals surface area contributed by atoms with Gasteiger partial charge in [-0.3, -0.25) is 9.78 Å². The molecule has 1 amide bonds. The van der Waals surface area contributed by atoms with E-state index in [9.17, 15) is 4.79 Å². The molecule has 2 aromatic heterocycles. The summed E-state index contributed by atoms with van der Waals surface area (Å²) in [6, 6.07) is 9.11. The van der Waals surface area contributed by atoms with E-state index < -0.39 is 0 Å². The van der Waals surface area contributed by atoms with Crippen molar-refractivity contribution in [3.63, 3.8) is 0 Å². The third kappa shape index (κ3) is 3.70. The van der Waals surface area contributed by atoms with Crippen molar-refractivity contribution >= 4 is 29.1 Å². The number of benzene rings is 1. The van der Waals surface area contributed by atoms with Gasteiger partial charge in [0.05, 0.1) is 21.4 Å². The number of rotatable bonds is 3. The maximum absolute atomic E-state index is 12.9. The molecule has 0 saturated carbocycles. The highest BCUT2D eigenvalue weighted by atomic mass is 35.5. The largest absolute Gasteiger partial charge is 0.336 e. The monoisotopic (exact) mass is 400 g/mol. The number of aromatic nitrogens is 3. The Kier molecular flexibility index (Phi) is 5.14. The molecule has 1 aromatic carbocycles. The molecule has 1 saturated heterocycles. The number of aromatic amines is 1. The zero-order valence-electron chi connectivity index (χ0n) is 14.6. The number of hydrogen-bond acceptors (Lipinski definition) is 3. The summed E-state index contributed by atoms with van der Waals surface area (Å²) >= 11 is 12.3. The standard InChI is InChI=1S/C20H18Cl2N4O/c21-15-5-4-14(12-16(15)22)18-17(13-6-8-23-9-7-13)24-19(25-18)20(27)26-10-2-1-3-11-26/h4-9,12H,1-3,10-11H2,(H,24,25). The van der Waals surface area contributed by atoms with Crippen LogP contribution in [0, 0.1) is 0 Å². The molecule has 0 bridgehead atoms. The van der Waals surface area contributed by atoms with Crippen LogP contribution in [0.1, 0.15) is 29.9 Å². The van der Waals surface area contributed by atoms with Crippen molar-refractivity contribution < 1.29 is 4.79 Å². The average Bonchev–Trinajstić information content (AvgIpc) is 3.16. The number of nitrogens with one attached hydrogen (secondary N) is 1. The molecule has 3 aromatic rings. The van der Waals surface area contributed by atoms with Gasteiger partial charge >= 0.3 is 0 Å². The summed E-state index contributed by atoms with van der Waals surface area (Å²) < 4.78 is 0. The molecule has 1 aliphatic rings. The van der Waals surface area contributed by atoms with Crippen molar-refractivity contribution in [1.82, 2.24) is 19.9 Å². The van der Waals surface area contributed by atoms with E-state index >= 15 is 0 Å². The topological polar surface area (TPSA) is 61.9 Å². The number of carbonyl (C=O) groups is 1. The van der Waals surface area contributed by atoms with Gasteiger partial charge in [0.1, 0.15) is 0 Å². The number of pyridine rings is 1. The first-order chi connectivity index (χ1) is 13.1. The number of likely N-dealkylation sites (tertiary alicyclic amines) is 1. The van der Waals surface area contributed by atoms with Crippen molar-refractivity contribution in [1.29, 1.82) is 0 Å². The molecule has 0 radical (unpaired) electrons. The predicted octanol–water partition coefficient (Wildman–Crippen LogP) is 5.07. The van der Waals surface area contributed by atoms with Crippen LogP contribution in [-0.4, -0.2) is 38.8 Å². The van der Waals surface area contributed by atoms with Crippen molar-refractivity contribution in [2.24, 2.45) is 0 Å². The van der Waals surface area contributed by atoms with E-state index in [0.717, 1.165) is 42.8 Å². The van der Waals surface area contributed by atoms with Gasteiger partial charge in [-0.05, 0) is 43.5 Å². The van der Waals surface area contributed by atoms with Gasteiger partial charge in [0, 0.05) is 36.6 Å². The molecule has 5 nitrogen and oxygen atoms in total. The average molecular weight is 401 g/mol. The number of halogens is 2. The zero-order valence-corrected chi connectivity index (χ0v) is 16.1. The Hall–Kier alpha value is -2.37. The molecule has 0 aliphatic carbocycles. The third-order valence-electron chi connectivity index (χ3n) is 4.71. The summed E-state index contributed by atoms with van der Waals surface area (Å²) in [7, 11) is 0. The number of H-pyrrole nitrogens is 1. The minimum atomic E-state index is -0.0729. The molecular weight excluding hydrogens is 383 g/mol. The van der Waals surface area contributed by atoms with Gasteiger partial charge < -0.3 is 9.88 Å². The van der Waals surface area contributed by atoms with E-state index in [4.69, 9.17) is 23.2 Å². The lowest BCUT2D eigenvalue weighted by atomic mass is 10.1. The Morgan fingerprint density at radius 2 is 1.70 bits per heavy atom. The smallest absolute Gasteiger partial charge is 0.289 e. The minimum Gasteiger partial charge on any atom is -0.336 e. The molecule has 0 atom stereocenters. The Morgan fingerprint density at radius 1 is 0.963 bits per heavy atom. The van der Waals surface area contributed by atoms with Gasteiger partial charge in [0.15, 0.2) is 5.82 Å². The highest BCUT2D eigenvalue weighted by Crippen LogP contribution is 2.34. The number of imidazole rings is 1. The van der Waals surface area contributed by atoms with Crippen molar-refractivity contribution in [2.75, 3.05) is 13.1 Å². The van der Waals surface area contributed by atoms with Gasteiger partial charge in [-0.1, -0.05) is 29.3 Å². The second kappa shape index (κ2) is 7.71. The highest BCUT2D eigenvalue weighted by Gasteiger charge is 2.24. The SMILES string of the molecule is O=C(c1nc(-c2ccc(Cl)c(Cl)c2)c(-c2ccncc2)[nH]1)N1CCCCC1. The summed E-state index contributed by atoms with van der Waals surface area (Å²) in [4.78, 5) is 26.7. The number of nitrogens with zero attached hydrogens (tertiary/aromatic N) is 3. The van der Waals surface area contributed by atoms with E-state index in [0.29, 0.717) is 21.6 Å². The maximum atomic E-state index is 12.9. The van der Waals surface area contributed by atoms with E-state index in [1.54, 1.807) is 24.5 Å². The number of carbonyl (C=O) groups excluding carboxylic acids is 1. The Bertz CT molecular complexity index is 965. The quantitative estimate of drug-likeness (QED) is 0.667. The second-order valence-corrected chi connectivity index (χ2v) is 7.34. The Balaban J connectivity index is 1.79. The number of piperidine rings is 1. The summed E-state index contributed by atoms with van der Waals surface area (Å²) in [5.41, 5.74) is 3.12. The fourth-order valence-corrected chi connectivity index (χ4v) is 3.60. The molecule has 4 rings (SSSR count). The summed E-state index contributed by atoms with van der Waals surface area (Å²) in [6.45, 7) is 1.54. The Labute approximate surface area is 167 Å². The second-order valence-electron chi connectivity index (χ2n) is 6.53. The van der Waals surface area contributed by atoms with Gasteiger partial charge in [-0.25, -0.2) is 4.98 Å². The molecule has 3 heterocycles. The number of hydrogen-bond donors (Lipinski definition) is 1. The van der Waals surface area contributed by atoms with Gasteiger partial charge in [0.25, 0.3) is 5.91 Å². The van der Waals surface area contributed by atoms with Crippen molar-refractivity contribution in [3.8, 4) is 22.5 Å². The molecule has 138 valence electrons. The van der Waals surface area contributed by atoms with E-state index in [-0.39, 0.29) is 5.91 Å². The lowest BCUT2D eigenvalue weighted by Gasteiger charge is -2.25. The fraction of sp³-hybridized carbons (Fsp3) is 0.250. The van der Waals surface area contributed by atoms with Crippen LogP contribution in [0.25, 0.3) is 22.5 Å². The molecule has 7 heteroatoms. The maximum Gasteiger partial charge on any atom is 0.289 e. The van der Waals surface area contributed by atoms with Gasteiger partial charge in [-0.15, -0.1) is 0 Å². The number of amides is 1. The van der Waals surface area contributed by atoms with Crippen LogP contribution < -0.4 is 0 Å². The zero-order chi connectivity index (χ0) is 18.8.